The number of carbonyl (C=O) groups is 2. The molecule has 12 nitrogen and oxygen atoms in total. The lowest BCUT2D eigenvalue weighted by Crippen LogP contribution is -2.28. The highest BCUT2D eigenvalue weighted by Crippen LogP contribution is 2.34. The average molecular weight is 692 g/mol. The van der Waals surface area contributed by atoms with Crippen LogP contribution in [0.3, 0.4) is 0 Å². The Balaban J connectivity index is 1.08. The van der Waals surface area contributed by atoms with Crippen molar-refractivity contribution < 1.29 is 27.1 Å². The number of rotatable bonds is 11. The van der Waals surface area contributed by atoms with Gasteiger partial charge in [-0.15, -0.1) is 10.2 Å². The molecular formula is C33H34FN7O5S2. The molecule has 0 saturated carbocycles. The average Bonchev–Trinajstić information content (AvgIpc) is 3.88. The molecule has 48 heavy (non-hydrogen) atoms. The Labute approximate surface area is 282 Å². The number of nitrogens with zero attached hydrogens (tertiary/aromatic N) is 6. The third-order valence-corrected chi connectivity index (χ3v) is 11.2. The van der Waals surface area contributed by atoms with Gasteiger partial charge in [0.25, 0.3) is 11.8 Å². The molecule has 0 bridgehead atoms. The van der Waals surface area contributed by atoms with Crippen molar-refractivity contribution >= 4 is 39.3 Å². The van der Waals surface area contributed by atoms with Gasteiger partial charge in [0.15, 0.2) is 11.0 Å². The first-order chi connectivity index (χ1) is 23.1. The molecule has 0 radical (unpaired) electrons. The molecule has 1 saturated heterocycles. The highest BCUT2D eigenvalue weighted by atomic mass is 32.2. The Kier molecular flexibility index (Phi) is 9.89. The van der Waals surface area contributed by atoms with Gasteiger partial charge in [-0.25, -0.2) is 17.8 Å². The molecule has 1 aromatic heterocycles. The number of sulfonamides is 1. The number of benzene rings is 3. The van der Waals surface area contributed by atoms with Crippen molar-refractivity contribution in [2.24, 2.45) is 12.1 Å². The zero-order valence-corrected chi connectivity index (χ0v) is 28.0. The van der Waals surface area contributed by atoms with Gasteiger partial charge in [-0.3, -0.25) is 9.59 Å². The summed E-state index contributed by atoms with van der Waals surface area (Å²) >= 11 is 1.19. The van der Waals surface area contributed by atoms with E-state index in [1.165, 1.54) is 57.5 Å². The van der Waals surface area contributed by atoms with Crippen LogP contribution in [-0.2, 0) is 28.4 Å². The Hall–Kier alpha value is -4.60. The number of halogens is 1. The van der Waals surface area contributed by atoms with E-state index in [4.69, 9.17) is 4.74 Å². The molecule has 3 aromatic carbocycles. The van der Waals surface area contributed by atoms with Crippen molar-refractivity contribution in [3.63, 3.8) is 0 Å². The maximum Gasteiger partial charge on any atom is 0.253 e. The Bertz CT molecular complexity index is 1930. The lowest BCUT2D eigenvalue weighted by Gasteiger charge is -2.22. The monoisotopic (exact) mass is 691 g/mol. The van der Waals surface area contributed by atoms with E-state index in [-0.39, 0.29) is 34.8 Å². The quantitative estimate of drug-likeness (QED) is 0.232. The van der Waals surface area contributed by atoms with Crippen LogP contribution < -0.4 is 10.1 Å². The van der Waals surface area contributed by atoms with Gasteiger partial charge in [0.1, 0.15) is 11.6 Å². The summed E-state index contributed by atoms with van der Waals surface area (Å²) in [5.41, 5.74) is 2.66. The molecule has 1 unspecified atom stereocenters. The van der Waals surface area contributed by atoms with Gasteiger partial charge in [0.05, 0.1) is 36.1 Å². The number of methoxy groups -OCH3 is 1. The van der Waals surface area contributed by atoms with E-state index >= 15 is 0 Å². The van der Waals surface area contributed by atoms with Crippen LogP contribution in [0.25, 0.3) is 0 Å². The number of carbonyl (C=O) groups excluding carboxylic acids is 2. The molecular weight excluding hydrogens is 658 g/mol. The summed E-state index contributed by atoms with van der Waals surface area (Å²) in [5, 5.41) is 17.8. The number of amides is 2. The second kappa shape index (κ2) is 14.3. The standard InChI is InChI=1S/C33H34FN7O5S2/c1-39-30(20-35-32(43)24-9-15-27(16-10-24)48(44,45)40-17-3-4-18-40)36-37-33(39)47-21-31(42)41-29(23-5-11-25(34)12-6-23)19-28(38-41)22-7-13-26(46-2)14-8-22/h5-16,29H,3-4,17-21H2,1-2H3,(H,35,43). The minimum atomic E-state index is -3.57. The number of hydrazone groups is 1. The van der Waals surface area contributed by atoms with Gasteiger partial charge in [-0.05, 0) is 84.6 Å². The Morgan fingerprint density at radius 2 is 1.67 bits per heavy atom. The van der Waals surface area contributed by atoms with Gasteiger partial charge in [0, 0.05) is 32.1 Å². The normalized spacial score (nSPS) is 16.6. The van der Waals surface area contributed by atoms with Crippen LogP contribution in [-0.4, -0.2) is 76.0 Å². The van der Waals surface area contributed by atoms with Gasteiger partial charge in [0.2, 0.25) is 10.0 Å². The molecule has 2 aliphatic rings. The van der Waals surface area contributed by atoms with E-state index in [2.05, 4.69) is 20.6 Å². The number of hydrogen-bond acceptors (Lipinski definition) is 9. The first-order valence-corrected chi connectivity index (χ1v) is 17.8. The molecule has 2 aliphatic heterocycles. The highest BCUT2D eigenvalue weighted by molar-refractivity contribution is 7.99. The van der Waals surface area contributed by atoms with Crippen molar-refractivity contribution in [2.45, 2.75) is 41.9 Å². The predicted octanol–water partition coefficient (Wildman–Crippen LogP) is 4.15. The van der Waals surface area contributed by atoms with Gasteiger partial charge < -0.3 is 14.6 Å². The maximum atomic E-state index is 13.7. The van der Waals surface area contributed by atoms with Crippen LogP contribution in [0.1, 0.15) is 52.6 Å². The third kappa shape index (κ3) is 7.12. The van der Waals surface area contributed by atoms with Crippen LogP contribution >= 0.6 is 11.8 Å². The van der Waals surface area contributed by atoms with E-state index in [1.807, 2.05) is 24.3 Å². The molecule has 2 amide bonds. The fourth-order valence-corrected chi connectivity index (χ4v) is 7.88. The van der Waals surface area contributed by atoms with E-state index in [0.717, 1.165) is 29.7 Å². The van der Waals surface area contributed by atoms with Crippen molar-refractivity contribution in [3.8, 4) is 5.75 Å². The SMILES string of the molecule is COc1ccc(C2=NN(C(=O)CSc3nnc(CNC(=O)c4ccc(S(=O)(=O)N5CCCC5)cc4)n3C)C(c3ccc(F)cc3)C2)cc1. The molecule has 0 aliphatic carbocycles. The molecule has 3 heterocycles. The molecule has 6 rings (SSSR count). The fourth-order valence-electron chi connectivity index (χ4n) is 5.58. The van der Waals surface area contributed by atoms with Crippen LogP contribution in [0.4, 0.5) is 4.39 Å². The van der Waals surface area contributed by atoms with Crippen molar-refractivity contribution in [1.29, 1.82) is 0 Å². The molecule has 250 valence electrons. The van der Waals surface area contributed by atoms with E-state index in [0.29, 0.717) is 41.8 Å². The Morgan fingerprint density at radius 3 is 2.33 bits per heavy atom. The summed E-state index contributed by atoms with van der Waals surface area (Å²) in [7, 11) is -0.237. The smallest absolute Gasteiger partial charge is 0.253 e. The van der Waals surface area contributed by atoms with Gasteiger partial charge in [-0.1, -0.05) is 23.9 Å². The van der Waals surface area contributed by atoms with Crippen LogP contribution in [0.5, 0.6) is 5.75 Å². The zero-order valence-electron chi connectivity index (χ0n) is 26.4. The van der Waals surface area contributed by atoms with Gasteiger partial charge >= 0.3 is 0 Å². The second-order valence-corrected chi connectivity index (χ2v) is 14.2. The summed E-state index contributed by atoms with van der Waals surface area (Å²) in [5.74, 6) is 0.180. The number of hydrogen-bond donors (Lipinski definition) is 1. The molecule has 1 fully saturated rings. The summed E-state index contributed by atoms with van der Waals surface area (Å²) in [4.78, 5) is 26.5. The van der Waals surface area contributed by atoms with Crippen molar-refractivity contribution in [2.75, 3.05) is 26.0 Å². The molecule has 15 heteroatoms. The van der Waals surface area contributed by atoms with E-state index < -0.39 is 16.1 Å². The molecule has 4 aromatic rings. The Morgan fingerprint density at radius 1 is 0.979 bits per heavy atom. The van der Waals surface area contributed by atoms with Crippen LogP contribution in [0.15, 0.2) is 87.9 Å². The lowest BCUT2D eigenvalue weighted by molar-refractivity contribution is -0.130. The summed E-state index contributed by atoms with van der Waals surface area (Å²) in [6.45, 7) is 1.08. The summed E-state index contributed by atoms with van der Waals surface area (Å²) in [6.07, 6.45) is 2.14. The van der Waals surface area contributed by atoms with Crippen molar-refractivity contribution in [3.05, 3.63) is 101 Å². The predicted molar refractivity (Wildman–Crippen MR) is 177 cm³/mol. The molecule has 1 N–H and O–H groups in total. The number of nitrogens with one attached hydrogen (secondary N) is 1. The third-order valence-electron chi connectivity index (χ3n) is 8.32. The minimum Gasteiger partial charge on any atom is -0.497 e. The zero-order chi connectivity index (χ0) is 33.8. The molecule has 1 atom stereocenters. The number of ether oxygens (including phenoxy) is 1. The van der Waals surface area contributed by atoms with Crippen LogP contribution in [0, 0.1) is 5.82 Å². The minimum absolute atomic E-state index is 0.0160. The maximum absolute atomic E-state index is 13.7. The molecule has 0 spiro atoms. The van der Waals surface area contributed by atoms with E-state index in [1.54, 1.807) is 30.9 Å². The first-order valence-electron chi connectivity index (χ1n) is 15.3. The van der Waals surface area contributed by atoms with Crippen molar-refractivity contribution in [1.82, 2.24) is 29.4 Å². The highest BCUT2D eigenvalue weighted by Gasteiger charge is 2.33. The lowest BCUT2D eigenvalue weighted by atomic mass is 9.98. The summed E-state index contributed by atoms with van der Waals surface area (Å²) in [6, 6.07) is 19.0. The second-order valence-electron chi connectivity index (χ2n) is 11.3. The fraction of sp³-hybridized carbons (Fsp3) is 0.303. The number of thioether (sulfide) groups is 1. The van der Waals surface area contributed by atoms with E-state index in [9.17, 15) is 22.4 Å². The van der Waals surface area contributed by atoms with Crippen LogP contribution in [0.2, 0.25) is 0 Å². The van der Waals surface area contributed by atoms with Gasteiger partial charge in [-0.2, -0.15) is 9.41 Å². The number of aromatic nitrogens is 3. The first kappa shape index (κ1) is 33.3. The topological polar surface area (TPSA) is 139 Å². The largest absolute Gasteiger partial charge is 0.497 e. The summed E-state index contributed by atoms with van der Waals surface area (Å²) < 4.78 is 47.7.